The lowest BCUT2D eigenvalue weighted by Crippen LogP contribution is -2.50. The van der Waals surface area contributed by atoms with Crippen molar-refractivity contribution in [2.75, 3.05) is 7.11 Å². The summed E-state index contributed by atoms with van der Waals surface area (Å²) in [6.07, 6.45) is 3.60. The third-order valence-electron chi connectivity index (χ3n) is 2.76. The fourth-order valence-corrected chi connectivity index (χ4v) is 1.68. The lowest BCUT2D eigenvalue weighted by atomic mass is 9.78. The second kappa shape index (κ2) is 3.44. The van der Waals surface area contributed by atoms with Gasteiger partial charge in [-0.2, -0.15) is 0 Å². The summed E-state index contributed by atoms with van der Waals surface area (Å²) in [7, 11) is 1.40. The molecule has 0 aromatic heterocycles. The summed E-state index contributed by atoms with van der Waals surface area (Å²) in [4.78, 5) is 11.2. The maximum Gasteiger partial charge on any atom is 0.325 e. The van der Waals surface area contributed by atoms with Crippen molar-refractivity contribution in [2.24, 2.45) is 11.7 Å². The Balaban J connectivity index is 2.55. The molecule has 0 unspecified atom stereocenters. The maximum absolute atomic E-state index is 11.2. The Kier molecular flexibility index (Phi) is 2.73. The standard InChI is InChI=1S/C9H17NO2/c1-7-3-5-9(10,6-4-7)8(11)12-2/h7H,3-6,10H2,1-2H3/t7-,9-. The molecule has 0 atom stereocenters. The van der Waals surface area contributed by atoms with Crippen LogP contribution in [-0.2, 0) is 9.53 Å². The molecule has 12 heavy (non-hydrogen) atoms. The van der Waals surface area contributed by atoms with Crippen LogP contribution in [-0.4, -0.2) is 18.6 Å². The molecular formula is C9H17NO2. The molecule has 0 radical (unpaired) electrons. The number of rotatable bonds is 1. The van der Waals surface area contributed by atoms with Gasteiger partial charge in [0, 0.05) is 0 Å². The van der Waals surface area contributed by atoms with Crippen LogP contribution in [0.2, 0.25) is 0 Å². The van der Waals surface area contributed by atoms with Crippen molar-refractivity contribution in [1.29, 1.82) is 0 Å². The molecule has 0 saturated heterocycles. The van der Waals surface area contributed by atoms with Crippen LogP contribution in [0.25, 0.3) is 0 Å². The van der Waals surface area contributed by atoms with Crippen molar-refractivity contribution in [3.8, 4) is 0 Å². The van der Waals surface area contributed by atoms with Gasteiger partial charge in [-0.1, -0.05) is 6.92 Å². The Labute approximate surface area is 73.3 Å². The molecule has 2 N–H and O–H groups in total. The van der Waals surface area contributed by atoms with Gasteiger partial charge < -0.3 is 10.5 Å². The Bertz CT molecular complexity index is 171. The first-order valence-electron chi connectivity index (χ1n) is 4.46. The van der Waals surface area contributed by atoms with Gasteiger partial charge in [0.15, 0.2) is 0 Å². The molecule has 1 aliphatic rings. The van der Waals surface area contributed by atoms with Crippen molar-refractivity contribution < 1.29 is 9.53 Å². The van der Waals surface area contributed by atoms with Crippen LogP contribution < -0.4 is 5.73 Å². The summed E-state index contributed by atoms with van der Waals surface area (Å²) in [6, 6.07) is 0. The Morgan fingerprint density at radius 1 is 1.50 bits per heavy atom. The molecule has 0 amide bonds. The topological polar surface area (TPSA) is 52.3 Å². The van der Waals surface area contributed by atoms with E-state index >= 15 is 0 Å². The van der Waals surface area contributed by atoms with Gasteiger partial charge in [0.2, 0.25) is 0 Å². The highest BCUT2D eigenvalue weighted by Gasteiger charge is 2.37. The number of carbonyl (C=O) groups excluding carboxylic acids is 1. The Morgan fingerprint density at radius 3 is 2.42 bits per heavy atom. The molecule has 1 saturated carbocycles. The van der Waals surface area contributed by atoms with Gasteiger partial charge in [-0.3, -0.25) is 4.79 Å². The molecule has 3 nitrogen and oxygen atoms in total. The first-order valence-corrected chi connectivity index (χ1v) is 4.46. The van der Waals surface area contributed by atoms with Gasteiger partial charge in [0.05, 0.1) is 7.11 Å². The van der Waals surface area contributed by atoms with Gasteiger partial charge in [0.25, 0.3) is 0 Å². The molecule has 0 bridgehead atoms. The van der Waals surface area contributed by atoms with Crippen molar-refractivity contribution in [3.63, 3.8) is 0 Å². The number of hydrogen-bond acceptors (Lipinski definition) is 3. The van der Waals surface area contributed by atoms with Crippen molar-refractivity contribution >= 4 is 5.97 Å². The van der Waals surface area contributed by atoms with Crippen LogP contribution in [0.15, 0.2) is 0 Å². The molecule has 3 heteroatoms. The quantitative estimate of drug-likeness (QED) is 0.600. The highest BCUT2D eigenvalue weighted by Crippen LogP contribution is 2.30. The zero-order chi connectivity index (χ0) is 9.19. The smallest absolute Gasteiger partial charge is 0.325 e. The van der Waals surface area contributed by atoms with Gasteiger partial charge in [0.1, 0.15) is 5.54 Å². The summed E-state index contributed by atoms with van der Waals surface area (Å²) >= 11 is 0. The molecule has 1 aliphatic carbocycles. The summed E-state index contributed by atoms with van der Waals surface area (Å²) in [5.74, 6) is 0.445. The van der Waals surface area contributed by atoms with Gasteiger partial charge >= 0.3 is 5.97 Å². The minimum absolute atomic E-state index is 0.255. The molecular weight excluding hydrogens is 154 g/mol. The van der Waals surface area contributed by atoms with E-state index in [-0.39, 0.29) is 5.97 Å². The van der Waals surface area contributed by atoms with Crippen molar-refractivity contribution in [2.45, 2.75) is 38.1 Å². The zero-order valence-corrected chi connectivity index (χ0v) is 7.80. The predicted molar refractivity (Wildman–Crippen MR) is 46.6 cm³/mol. The molecule has 0 aromatic rings. The fourth-order valence-electron chi connectivity index (χ4n) is 1.68. The third kappa shape index (κ3) is 1.78. The third-order valence-corrected chi connectivity index (χ3v) is 2.76. The fraction of sp³-hybridized carbons (Fsp3) is 0.889. The zero-order valence-electron chi connectivity index (χ0n) is 7.80. The number of ether oxygens (including phenoxy) is 1. The minimum atomic E-state index is -0.693. The first-order chi connectivity index (χ1) is 5.58. The van der Waals surface area contributed by atoms with E-state index in [1.54, 1.807) is 0 Å². The summed E-state index contributed by atoms with van der Waals surface area (Å²) in [6.45, 7) is 2.19. The molecule has 0 aromatic carbocycles. The molecule has 1 rings (SSSR count). The first kappa shape index (κ1) is 9.52. The van der Waals surface area contributed by atoms with Crippen LogP contribution in [0, 0.1) is 5.92 Å². The second-order valence-corrected chi connectivity index (χ2v) is 3.83. The molecule has 1 fully saturated rings. The number of nitrogens with two attached hydrogens (primary N) is 1. The van der Waals surface area contributed by atoms with Crippen LogP contribution in [0.5, 0.6) is 0 Å². The van der Waals surface area contributed by atoms with Gasteiger partial charge in [-0.15, -0.1) is 0 Å². The van der Waals surface area contributed by atoms with E-state index in [9.17, 15) is 4.79 Å². The lowest BCUT2D eigenvalue weighted by molar-refractivity contribution is -0.148. The highest BCUT2D eigenvalue weighted by molar-refractivity contribution is 5.80. The van der Waals surface area contributed by atoms with E-state index < -0.39 is 5.54 Å². The average Bonchev–Trinajstić information content (AvgIpc) is 2.09. The summed E-state index contributed by atoms with van der Waals surface area (Å²) < 4.78 is 4.66. The largest absolute Gasteiger partial charge is 0.468 e. The SMILES string of the molecule is COC(=O)[C@]1(N)CC[C@H](C)CC1. The average molecular weight is 171 g/mol. The monoisotopic (exact) mass is 171 g/mol. The van der Waals surface area contributed by atoms with Gasteiger partial charge in [-0.05, 0) is 31.6 Å². The van der Waals surface area contributed by atoms with Crippen molar-refractivity contribution in [3.05, 3.63) is 0 Å². The molecule has 0 spiro atoms. The maximum atomic E-state index is 11.2. The second-order valence-electron chi connectivity index (χ2n) is 3.83. The highest BCUT2D eigenvalue weighted by atomic mass is 16.5. The minimum Gasteiger partial charge on any atom is -0.468 e. The normalized spacial score (nSPS) is 36.1. The van der Waals surface area contributed by atoms with E-state index in [1.807, 2.05) is 0 Å². The van der Waals surface area contributed by atoms with Crippen LogP contribution in [0.3, 0.4) is 0 Å². The van der Waals surface area contributed by atoms with E-state index in [0.29, 0.717) is 5.92 Å². The van der Waals surface area contributed by atoms with Crippen LogP contribution in [0.1, 0.15) is 32.6 Å². The van der Waals surface area contributed by atoms with E-state index in [4.69, 9.17) is 5.73 Å². The van der Waals surface area contributed by atoms with E-state index in [2.05, 4.69) is 11.7 Å². The van der Waals surface area contributed by atoms with Crippen LogP contribution in [0.4, 0.5) is 0 Å². The number of esters is 1. The lowest BCUT2D eigenvalue weighted by Gasteiger charge is -2.33. The van der Waals surface area contributed by atoms with E-state index in [1.165, 1.54) is 7.11 Å². The van der Waals surface area contributed by atoms with Crippen LogP contribution >= 0.6 is 0 Å². The number of methoxy groups -OCH3 is 1. The summed E-state index contributed by atoms with van der Waals surface area (Å²) in [5.41, 5.74) is 5.21. The summed E-state index contributed by atoms with van der Waals surface area (Å²) in [5, 5.41) is 0. The van der Waals surface area contributed by atoms with E-state index in [0.717, 1.165) is 25.7 Å². The van der Waals surface area contributed by atoms with Crippen molar-refractivity contribution in [1.82, 2.24) is 0 Å². The predicted octanol–water partition coefficient (Wildman–Crippen LogP) is 1.07. The number of hydrogen-bond donors (Lipinski definition) is 1. The molecule has 0 aliphatic heterocycles. The molecule has 70 valence electrons. The number of carbonyl (C=O) groups is 1. The Morgan fingerprint density at radius 2 is 2.00 bits per heavy atom. The van der Waals surface area contributed by atoms with Gasteiger partial charge in [-0.25, -0.2) is 0 Å². The Hall–Kier alpha value is -0.570. The molecule has 0 heterocycles.